The molecule has 0 saturated carbocycles. The van der Waals surface area contributed by atoms with E-state index in [0.29, 0.717) is 25.2 Å². The fourth-order valence-electron chi connectivity index (χ4n) is 2.95. The lowest BCUT2D eigenvalue weighted by atomic mass is 9.88. The second-order valence-corrected chi connectivity index (χ2v) is 5.83. The maximum absolute atomic E-state index is 12.0. The van der Waals surface area contributed by atoms with E-state index in [9.17, 15) is 4.79 Å². The Morgan fingerprint density at radius 3 is 3.18 bits per heavy atom. The number of carbonyl (C=O) groups excluding carboxylic acids is 1. The Bertz CT molecular complexity index is 562. The molecule has 0 aromatic carbocycles. The Labute approximate surface area is 129 Å². The Morgan fingerprint density at radius 1 is 1.50 bits per heavy atom. The molecule has 3 rings (SSSR count). The third-order valence-corrected chi connectivity index (χ3v) is 4.05. The molecule has 22 heavy (non-hydrogen) atoms. The van der Waals surface area contributed by atoms with Crippen LogP contribution < -0.4 is 10.2 Å². The van der Waals surface area contributed by atoms with Crippen LogP contribution in [0.2, 0.25) is 0 Å². The Kier molecular flexibility index (Phi) is 4.22. The summed E-state index contributed by atoms with van der Waals surface area (Å²) in [5.41, 5.74) is 0.0868. The monoisotopic (exact) mass is 303 g/mol. The van der Waals surface area contributed by atoms with E-state index in [-0.39, 0.29) is 5.91 Å². The van der Waals surface area contributed by atoms with E-state index in [0.717, 1.165) is 31.6 Å². The van der Waals surface area contributed by atoms with Gasteiger partial charge in [0.2, 0.25) is 0 Å². The molecule has 7 nitrogen and oxygen atoms in total. The number of rotatable bonds is 4. The summed E-state index contributed by atoms with van der Waals surface area (Å²) >= 11 is 0. The molecule has 1 spiro atoms. The third kappa shape index (κ3) is 3.03. The van der Waals surface area contributed by atoms with Crippen molar-refractivity contribution in [3.63, 3.8) is 0 Å². The average molecular weight is 303 g/mol. The summed E-state index contributed by atoms with van der Waals surface area (Å²) in [4.78, 5) is 28.3. The van der Waals surface area contributed by atoms with Crippen LogP contribution in [-0.4, -0.2) is 46.8 Å². The molecule has 1 aromatic rings. The van der Waals surface area contributed by atoms with Crippen LogP contribution in [0.5, 0.6) is 0 Å². The molecule has 3 heterocycles. The van der Waals surface area contributed by atoms with Gasteiger partial charge in [-0.3, -0.25) is 9.78 Å². The van der Waals surface area contributed by atoms with Gasteiger partial charge in [-0.1, -0.05) is 12.1 Å². The molecule has 118 valence electrons. The van der Waals surface area contributed by atoms with E-state index in [1.807, 2.05) is 6.92 Å². The van der Waals surface area contributed by atoms with Crippen LogP contribution in [-0.2, 0) is 9.63 Å². The van der Waals surface area contributed by atoms with Gasteiger partial charge in [0, 0.05) is 31.9 Å². The number of amides is 1. The average Bonchev–Trinajstić information content (AvgIpc) is 2.97. The number of oxime groups is 1. The highest BCUT2D eigenvalue weighted by atomic mass is 16.7. The molecule has 1 amide bonds. The Morgan fingerprint density at radius 2 is 2.41 bits per heavy atom. The molecule has 1 N–H and O–H groups in total. The molecule has 1 atom stereocenters. The van der Waals surface area contributed by atoms with E-state index < -0.39 is 5.60 Å². The van der Waals surface area contributed by atoms with Gasteiger partial charge in [0.15, 0.2) is 5.60 Å². The molecule has 1 fully saturated rings. The number of carbonyl (C=O) groups is 1. The van der Waals surface area contributed by atoms with Gasteiger partial charge in [-0.25, -0.2) is 4.98 Å². The quantitative estimate of drug-likeness (QED) is 0.901. The smallest absolute Gasteiger partial charge is 0.269 e. The number of piperidine rings is 1. The van der Waals surface area contributed by atoms with Crippen molar-refractivity contribution in [3.05, 3.63) is 18.6 Å². The second kappa shape index (κ2) is 6.29. The van der Waals surface area contributed by atoms with Crippen LogP contribution in [0.4, 0.5) is 5.82 Å². The first-order valence-corrected chi connectivity index (χ1v) is 7.77. The van der Waals surface area contributed by atoms with Crippen LogP contribution >= 0.6 is 0 Å². The number of nitrogens with zero attached hydrogens (tertiary/aromatic N) is 4. The van der Waals surface area contributed by atoms with Crippen molar-refractivity contribution in [3.8, 4) is 0 Å². The number of anilines is 1. The summed E-state index contributed by atoms with van der Waals surface area (Å²) < 4.78 is 0. The van der Waals surface area contributed by atoms with Gasteiger partial charge in [0.1, 0.15) is 11.5 Å². The highest BCUT2D eigenvalue weighted by molar-refractivity contribution is 6.39. The number of hydrogen-bond acceptors (Lipinski definition) is 6. The van der Waals surface area contributed by atoms with Crippen molar-refractivity contribution < 1.29 is 9.63 Å². The van der Waals surface area contributed by atoms with Crippen molar-refractivity contribution in [2.24, 2.45) is 5.16 Å². The fourth-order valence-corrected chi connectivity index (χ4v) is 2.95. The second-order valence-electron chi connectivity index (χ2n) is 5.83. The molecule has 0 radical (unpaired) electrons. The zero-order valence-electron chi connectivity index (χ0n) is 12.8. The number of aromatic nitrogens is 2. The van der Waals surface area contributed by atoms with Gasteiger partial charge in [-0.2, -0.15) is 0 Å². The molecule has 2 aliphatic rings. The van der Waals surface area contributed by atoms with E-state index in [1.54, 1.807) is 18.6 Å². The summed E-state index contributed by atoms with van der Waals surface area (Å²) in [6.45, 7) is 4.28. The van der Waals surface area contributed by atoms with Gasteiger partial charge in [-0.15, -0.1) is 0 Å². The lowest BCUT2D eigenvalue weighted by Gasteiger charge is -2.38. The highest BCUT2D eigenvalue weighted by Crippen LogP contribution is 2.34. The summed E-state index contributed by atoms with van der Waals surface area (Å²) in [6.07, 6.45) is 8.45. The zero-order chi connectivity index (χ0) is 15.4. The van der Waals surface area contributed by atoms with E-state index in [1.165, 1.54) is 0 Å². The Balaban J connectivity index is 1.64. The van der Waals surface area contributed by atoms with Crippen LogP contribution in [0.1, 0.15) is 32.6 Å². The maximum atomic E-state index is 12.0. The number of hydrogen-bond donors (Lipinski definition) is 1. The van der Waals surface area contributed by atoms with Crippen molar-refractivity contribution >= 4 is 17.4 Å². The zero-order valence-corrected chi connectivity index (χ0v) is 12.8. The van der Waals surface area contributed by atoms with Crippen molar-refractivity contribution in [2.45, 2.75) is 38.2 Å². The molecule has 0 bridgehead atoms. The van der Waals surface area contributed by atoms with Gasteiger partial charge in [-0.05, 0) is 19.3 Å². The van der Waals surface area contributed by atoms with Gasteiger partial charge < -0.3 is 15.1 Å². The predicted molar refractivity (Wildman–Crippen MR) is 82.6 cm³/mol. The molecule has 7 heteroatoms. The highest BCUT2D eigenvalue weighted by Gasteiger charge is 2.44. The molecular weight excluding hydrogens is 282 g/mol. The van der Waals surface area contributed by atoms with Crippen molar-refractivity contribution in [1.82, 2.24) is 15.3 Å². The lowest BCUT2D eigenvalue weighted by Crippen LogP contribution is -2.49. The topological polar surface area (TPSA) is 79.7 Å². The van der Waals surface area contributed by atoms with Gasteiger partial charge in [0.05, 0.1) is 12.7 Å². The predicted octanol–water partition coefficient (Wildman–Crippen LogP) is 1.12. The van der Waals surface area contributed by atoms with E-state index >= 15 is 0 Å². The van der Waals surface area contributed by atoms with Crippen LogP contribution in [0.25, 0.3) is 0 Å². The first kappa shape index (κ1) is 14.7. The Hall–Kier alpha value is -2.18. The molecule has 2 aliphatic heterocycles. The minimum atomic E-state index is -0.408. The standard InChI is InChI=1S/C15H21N5O2/c1-2-5-18-14(21)12-9-15(22-19-12)4-3-8-20(11-15)13-10-16-6-7-17-13/h6-7,10H,2-5,8-9,11H2,1H3,(H,18,21). The minimum absolute atomic E-state index is 0.115. The number of nitrogens with one attached hydrogen (secondary N) is 1. The van der Waals surface area contributed by atoms with Gasteiger partial charge >= 0.3 is 0 Å². The largest absolute Gasteiger partial charge is 0.386 e. The third-order valence-electron chi connectivity index (χ3n) is 4.05. The molecule has 1 aromatic heterocycles. The molecule has 1 saturated heterocycles. The van der Waals surface area contributed by atoms with Crippen LogP contribution in [0.15, 0.2) is 23.7 Å². The summed E-state index contributed by atoms with van der Waals surface area (Å²) in [5.74, 6) is 0.726. The first-order valence-electron chi connectivity index (χ1n) is 7.77. The molecule has 1 unspecified atom stereocenters. The SMILES string of the molecule is CCCNC(=O)C1=NOC2(CCCN(c3cnccn3)C2)C1. The summed E-state index contributed by atoms with van der Waals surface area (Å²) in [5, 5.41) is 6.89. The van der Waals surface area contributed by atoms with E-state index in [4.69, 9.17) is 4.84 Å². The van der Waals surface area contributed by atoms with Crippen molar-refractivity contribution in [2.75, 3.05) is 24.5 Å². The summed E-state index contributed by atoms with van der Waals surface area (Å²) in [6, 6.07) is 0. The molecular formula is C15H21N5O2. The van der Waals surface area contributed by atoms with Crippen LogP contribution in [0.3, 0.4) is 0 Å². The fraction of sp³-hybridized carbons (Fsp3) is 0.600. The van der Waals surface area contributed by atoms with E-state index in [2.05, 4.69) is 25.3 Å². The summed E-state index contributed by atoms with van der Waals surface area (Å²) in [7, 11) is 0. The first-order chi connectivity index (χ1) is 10.7. The normalized spacial score (nSPS) is 24.0. The minimum Gasteiger partial charge on any atom is -0.386 e. The molecule has 0 aliphatic carbocycles. The maximum Gasteiger partial charge on any atom is 0.269 e. The lowest BCUT2D eigenvalue weighted by molar-refractivity contribution is -0.114. The van der Waals surface area contributed by atoms with Gasteiger partial charge in [0.25, 0.3) is 5.91 Å². The van der Waals surface area contributed by atoms with Crippen LogP contribution in [0, 0.1) is 0 Å². The van der Waals surface area contributed by atoms with Crippen molar-refractivity contribution in [1.29, 1.82) is 0 Å².